The highest BCUT2D eigenvalue weighted by molar-refractivity contribution is 5.99. The van der Waals surface area contributed by atoms with Crippen LogP contribution in [0.5, 0.6) is 0 Å². The molecule has 3 aromatic heterocycles. The molecule has 0 radical (unpaired) electrons. The molecule has 2 atom stereocenters. The molecule has 0 unspecified atom stereocenters. The van der Waals surface area contributed by atoms with E-state index in [2.05, 4.69) is 20.3 Å². The van der Waals surface area contributed by atoms with Crippen molar-refractivity contribution in [1.82, 2.24) is 15.0 Å². The fourth-order valence-corrected chi connectivity index (χ4v) is 4.08. The van der Waals surface area contributed by atoms with Crippen LogP contribution in [0.1, 0.15) is 32.8 Å². The lowest BCUT2D eigenvalue weighted by Crippen LogP contribution is -2.35. The van der Waals surface area contributed by atoms with E-state index in [1.807, 2.05) is 26.8 Å². The molecule has 5 rings (SSSR count). The van der Waals surface area contributed by atoms with Gasteiger partial charge in [-0.2, -0.15) is 0 Å². The lowest BCUT2D eigenvalue weighted by Gasteiger charge is -2.24. The van der Waals surface area contributed by atoms with Crippen molar-refractivity contribution >= 4 is 40.1 Å². The number of nitrogens with one attached hydrogen (secondary N) is 1. The van der Waals surface area contributed by atoms with Crippen molar-refractivity contribution in [3.63, 3.8) is 0 Å². The number of nitrogens with two attached hydrogens (primary N) is 1. The van der Waals surface area contributed by atoms with Crippen LogP contribution < -0.4 is 16.0 Å². The lowest BCUT2D eigenvalue weighted by molar-refractivity contribution is -0.117. The van der Waals surface area contributed by atoms with Crippen molar-refractivity contribution in [3.8, 4) is 11.3 Å². The second kappa shape index (κ2) is 7.89. The Morgan fingerprint density at radius 2 is 2.00 bits per heavy atom. The quantitative estimate of drug-likeness (QED) is 0.603. The van der Waals surface area contributed by atoms with E-state index in [-0.39, 0.29) is 18.1 Å². The number of nitrogens with zero attached hydrogens (tertiary/aromatic N) is 4. The van der Waals surface area contributed by atoms with Gasteiger partial charge in [-0.3, -0.25) is 14.7 Å². The molecule has 3 aromatic rings. The highest BCUT2D eigenvalue weighted by atomic mass is 19.1. The van der Waals surface area contributed by atoms with E-state index in [0.717, 1.165) is 16.5 Å². The number of aromatic nitrogens is 3. The Morgan fingerprint density at radius 3 is 2.71 bits per heavy atom. The topological polar surface area (TPSA) is 123 Å². The van der Waals surface area contributed by atoms with Crippen LogP contribution in [0.15, 0.2) is 30.7 Å². The molecule has 2 aliphatic rings. The minimum atomic E-state index is -1.08. The minimum absolute atomic E-state index is 0.243. The number of nitrogen functional groups attached to an aromatic ring is 1. The molecule has 1 aliphatic carbocycles. The summed E-state index contributed by atoms with van der Waals surface area (Å²) in [7, 11) is 0. The number of amides is 2. The van der Waals surface area contributed by atoms with Gasteiger partial charge < -0.3 is 15.8 Å². The molecule has 34 heavy (non-hydrogen) atoms. The standard InChI is InChI=1S/C24H25FN6O3/c1-24(2,3)34-23(33)31-5-4-13-16(9-27-11-19(13)31)18-6-12-7-20(28-10-15(12)21(26)29-18)30-22(32)14-8-17(14)25/h6-7,9-11,14,17H,4-5,8H2,1-3H3,(H2,26,29)(H,28,30,32)/t14-,17+/m1/s1. The maximum Gasteiger partial charge on any atom is 0.414 e. The molecular formula is C24H25FN6O3. The summed E-state index contributed by atoms with van der Waals surface area (Å²) in [5, 5.41) is 4.02. The summed E-state index contributed by atoms with van der Waals surface area (Å²) in [6.45, 7) is 5.95. The molecule has 9 nitrogen and oxygen atoms in total. The van der Waals surface area contributed by atoms with E-state index in [4.69, 9.17) is 10.5 Å². The number of carbonyl (C=O) groups excluding carboxylic acids is 2. The Hall–Kier alpha value is -3.82. The molecule has 2 amide bonds. The summed E-state index contributed by atoms with van der Waals surface area (Å²) < 4.78 is 18.7. The largest absolute Gasteiger partial charge is 0.443 e. The zero-order chi connectivity index (χ0) is 24.2. The van der Waals surface area contributed by atoms with Crippen molar-refractivity contribution in [2.24, 2.45) is 5.92 Å². The Morgan fingerprint density at radius 1 is 1.24 bits per heavy atom. The van der Waals surface area contributed by atoms with E-state index >= 15 is 0 Å². The second-order valence-corrected chi connectivity index (χ2v) is 9.60. The van der Waals surface area contributed by atoms with Crippen molar-refractivity contribution in [2.75, 3.05) is 22.5 Å². The third-order valence-electron chi connectivity index (χ3n) is 5.85. The van der Waals surface area contributed by atoms with Crippen LogP contribution >= 0.6 is 0 Å². The van der Waals surface area contributed by atoms with Gasteiger partial charge in [0.2, 0.25) is 5.91 Å². The van der Waals surface area contributed by atoms with Crippen LogP contribution in [0, 0.1) is 5.92 Å². The summed E-state index contributed by atoms with van der Waals surface area (Å²) in [6, 6.07) is 3.53. The SMILES string of the molecule is CC(C)(C)OC(=O)N1CCc2c(-c3cc4cc(NC(=O)[C@@H]5C[C@@H]5F)ncc4c(N)n3)cncc21. The van der Waals surface area contributed by atoms with Gasteiger partial charge in [-0.1, -0.05) is 0 Å². The first kappa shape index (κ1) is 22.0. The fourth-order valence-electron chi connectivity index (χ4n) is 4.08. The van der Waals surface area contributed by atoms with Gasteiger partial charge in [0.15, 0.2) is 0 Å². The summed E-state index contributed by atoms with van der Waals surface area (Å²) in [5.74, 6) is -0.389. The van der Waals surface area contributed by atoms with Gasteiger partial charge in [0.05, 0.1) is 23.5 Å². The van der Waals surface area contributed by atoms with Crippen LogP contribution in [0.4, 0.5) is 26.5 Å². The molecule has 0 aromatic carbocycles. The van der Waals surface area contributed by atoms with Crippen molar-refractivity contribution in [2.45, 2.75) is 45.4 Å². The Bertz CT molecular complexity index is 1320. The molecule has 0 bridgehead atoms. The van der Waals surface area contributed by atoms with E-state index in [9.17, 15) is 14.0 Å². The summed E-state index contributed by atoms with van der Waals surface area (Å²) in [6.07, 6.45) is 4.24. The molecule has 1 fully saturated rings. The highest BCUT2D eigenvalue weighted by Gasteiger charge is 2.43. The molecule has 0 spiro atoms. The zero-order valence-electron chi connectivity index (χ0n) is 19.1. The maximum atomic E-state index is 13.2. The third kappa shape index (κ3) is 4.11. The van der Waals surface area contributed by atoms with E-state index in [0.29, 0.717) is 35.6 Å². The first-order valence-electron chi connectivity index (χ1n) is 11.1. The number of anilines is 3. The van der Waals surface area contributed by atoms with Crippen LogP contribution in [0.3, 0.4) is 0 Å². The van der Waals surface area contributed by atoms with Gasteiger partial charge in [0, 0.05) is 29.9 Å². The molecule has 10 heteroatoms. The number of hydrogen-bond acceptors (Lipinski definition) is 7. The predicted octanol–water partition coefficient (Wildman–Crippen LogP) is 3.87. The lowest BCUT2D eigenvalue weighted by atomic mass is 10.0. The number of alkyl halides is 1. The Balaban J connectivity index is 1.49. The van der Waals surface area contributed by atoms with Crippen LogP contribution in [-0.4, -0.2) is 45.3 Å². The van der Waals surface area contributed by atoms with E-state index < -0.39 is 23.8 Å². The molecule has 176 valence electrons. The zero-order valence-corrected chi connectivity index (χ0v) is 19.1. The monoisotopic (exact) mass is 464 g/mol. The van der Waals surface area contributed by atoms with Gasteiger partial charge in [-0.25, -0.2) is 19.2 Å². The summed E-state index contributed by atoms with van der Waals surface area (Å²) in [4.78, 5) is 39.4. The third-order valence-corrected chi connectivity index (χ3v) is 5.85. The number of fused-ring (bicyclic) bond motifs is 2. The fraction of sp³-hybridized carbons (Fsp3) is 0.375. The molecule has 3 N–H and O–H groups in total. The predicted molar refractivity (Wildman–Crippen MR) is 126 cm³/mol. The van der Waals surface area contributed by atoms with Crippen molar-refractivity contribution in [1.29, 1.82) is 0 Å². The smallest absolute Gasteiger partial charge is 0.414 e. The molecule has 4 heterocycles. The van der Waals surface area contributed by atoms with Crippen LogP contribution in [-0.2, 0) is 16.0 Å². The summed E-state index contributed by atoms with van der Waals surface area (Å²) >= 11 is 0. The Kier molecular flexibility index (Phi) is 5.11. The molecule has 1 aliphatic heterocycles. The number of carbonyl (C=O) groups is 2. The molecular weight excluding hydrogens is 439 g/mol. The minimum Gasteiger partial charge on any atom is -0.443 e. The normalized spacial score (nSPS) is 19.1. The number of rotatable bonds is 3. The van der Waals surface area contributed by atoms with E-state index in [1.165, 1.54) is 6.20 Å². The van der Waals surface area contributed by atoms with Gasteiger partial charge in [0.25, 0.3) is 0 Å². The first-order chi connectivity index (χ1) is 16.1. The van der Waals surface area contributed by atoms with Gasteiger partial charge >= 0.3 is 6.09 Å². The van der Waals surface area contributed by atoms with Gasteiger partial charge in [-0.05, 0) is 56.7 Å². The number of pyridine rings is 3. The molecule has 1 saturated carbocycles. The highest BCUT2D eigenvalue weighted by Crippen LogP contribution is 2.38. The number of ether oxygens (including phenoxy) is 1. The number of hydrogen-bond donors (Lipinski definition) is 2. The van der Waals surface area contributed by atoms with Crippen molar-refractivity contribution < 1.29 is 18.7 Å². The second-order valence-electron chi connectivity index (χ2n) is 9.60. The Labute approximate surface area is 195 Å². The van der Waals surface area contributed by atoms with E-state index in [1.54, 1.807) is 23.4 Å². The average Bonchev–Trinajstić information content (AvgIpc) is 3.33. The average molecular weight is 465 g/mol. The van der Waals surface area contributed by atoms with Crippen molar-refractivity contribution in [3.05, 3.63) is 36.3 Å². The number of halogens is 1. The van der Waals surface area contributed by atoms with Gasteiger partial charge in [-0.15, -0.1) is 0 Å². The van der Waals surface area contributed by atoms with Crippen LogP contribution in [0.25, 0.3) is 22.0 Å². The summed E-state index contributed by atoms with van der Waals surface area (Å²) in [5.41, 5.74) is 8.58. The molecule has 0 saturated heterocycles. The maximum absolute atomic E-state index is 13.2. The first-order valence-corrected chi connectivity index (χ1v) is 11.1. The van der Waals surface area contributed by atoms with Crippen LogP contribution in [0.2, 0.25) is 0 Å². The van der Waals surface area contributed by atoms with Gasteiger partial charge in [0.1, 0.15) is 23.4 Å².